The van der Waals surface area contributed by atoms with Crippen LogP contribution < -0.4 is 10.6 Å². The van der Waals surface area contributed by atoms with Crippen LogP contribution in [0.2, 0.25) is 0 Å². The van der Waals surface area contributed by atoms with Crippen LogP contribution >= 0.6 is 0 Å². The number of hydrogen-bond acceptors (Lipinski definition) is 3. The first kappa shape index (κ1) is 13.8. The van der Waals surface area contributed by atoms with Crippen molar-refractivity contribution in [2.75, 3.05) is 26.2 Å². The van der Waals surface area contributed by atoms with E-state index in [0.717, 1.165) is 45.5 Å². The van der Waals surface area contributed by atoms with E-state index in [1.165, 1.54) is 12.8 Å². The largest absolute Gasteiger partial charge is 0.378 e. The average Bonchev–Trinajstić information content (AvgIpc) is 2.83. The molecule has 1 amide bonds. The van der Waals surface area contributed by atoms with E-state index in [4.69, 9.17) is 4.74 Å². The first-order chi connectivity index (χ1) is 8.68. The number of amides is 1. The third-order valence-electron chi connectivity index (χ3n) is 4.14. The van der Waals surface area contributed by atoms with Crippen LogP contribution in [0.1, 0.15) is 45.4 Å². The lowest BCUT2D eigenvalue weighted by atomic mass is 9.90. The van der Waals surface area contributed by atoms with Gasteiger partial charge in [-0.3, -0.25) is 4.79 Å². The molecule has 2 heterocycles. The van der Waals surface area contributed by atoms with Crippen LogP contribution in [0.5, 0.6) is 0 Å². The van der Waals surface area contributed by atoms with Gasteiger partial charge in [-0.1, -0.05) is 6.92 Å². The van der Waals surface area contributed by atoms with Crippen molar-refractivity contribution in [1.82, 2.24) is 10.6 Å². The predicted molar refractivity (Wildman–Crippen MR) is 71.4 cm³/mol. The predicted octanol–water partition coefficient (Wildman–Crippen LogP) is 1.45. The molecular formula is C14H26N2O2. The normalized spacial score (nSPS) is 32.4. The highest BCUT2D eigenvalue weighted by Crippen LogP contribution is 2.23. The van der Waals surface area contributed by atoms with E-state index in [-0.39, 0.29) is 11.3 Å². The third-order valence-corrected chi connectivity index (χ3v) is 4.14. The molecule has 104 valence electrons. The Morgan fingerprint density at radius 3 is 3.06 bits per heavy atom. The maximum Gasteiger partial charge on any atom is 0.220 e. The maximum atomic E-state index is 11.8. The van der Waals surface area contributed by atoms with E-state index in [2.05, 4.69) is 17.6 Å². The van der Waals surface area contributed by atoms with Gasteiger partial charge >= 0.3 is 0 Å². The highest BCUT2D eigenvalue weighted by molar-refractivity contribution is 5.75. The third kappa shape index (κ3) is 4.25. The Bertz CT molecular complexity index is 269. The lowest BCUT2D eigenvalue weighted by molar-refractivity contribution is -0.122. The topological polar surface area (TPSA) is 50.4 Å². The summed E-state index contributed by atoms with van der Waals surface area (Å²) < 4.78 is 5.64. The fourth-order valence-corrected chi connectivity index (χ4v) is 2.75. The SMILES string of the molecule is CC1(CNC(=O)CCC2CCCCO2)CCNC1. The molecule has 2 saturated heterocycles. The minimum atomic E-state index is 0.178. The van der Waals surface area contributed by atoms with E-state index in [9.17, 15) is 4.79 Å². The molecule has 2 atom stereocenters. The zero-order valence-corrected chi connectivity index (χ0v) is 11.5. The van der Waals surface area contributed by atoms with Gasteiger partial charge in [0.1, 0.15) is 0 Å². The average molecular weight is 254 g/mol. The summed E-state index contributed by atoms with van der Waals surface area (Å²) in [5.74, 6) is 0.178. The van der Waals surface area contributed by atoms with Crippen molar-refractivity contribution in [2.24, 2.45) is 5.41 Å². The molecule has 0 aromatic carbocycles. The van der Waals surface area contributed by atoms with E-state index in [1.807, 2.05) is 0 Å². The molecule has 0 saturated carbocycles. The highest BCUT2D eigenvalue weighted by atomic mass is 16.5. The molecule has 0 aliphatic carbocycles. The Morgan fingerprint density at radius 2 is 2.39 bits per heavy atom. The van der Waals surface area contributed by atoms with Gasteiger partial charge in [0.2, 0.25) is 5.91 Å². The molecule has 2 rings (SSSR count). The van der Waals surface area contributed by atoms with E-state index < -0.39 is 0 Å². The number of nitrogens with one attached hydrogen (secondary N) is 2. The zero-order valence-electron chi connectivity index (χ0n) is 11.5. The van der Waals surface area contributed by atoms with Crippen LogP contribution in [0.4, 0.5) is 0 Å². The van der Waals surface area contributed by atoms with E-state index in [1.54, 1.807) is 0 Å². The summed E-state index contributed by atoms with van der Waals surface area (Å²) in [6.07, 6.45) is 6.49. The van der Waals surface area contributed by atoms with Crippen molar-refractivity contribution >= 4 is 5.91 Å². The maximum absolute atomic E-state index is 11.8. The van der Waals surface area contributed by atoms with Gasteiger partial charge in [0, 0.05) is 26.1 Å². The van der Waals surface area contributed by atoms with Gasteiger partial charge in [-0.15, -0.1) is 0 Å². The second-order valence-electron chi connectivity index (χ2n) is 6.04. The van der Waals surface area contributed by atoms with E-state index >= 15 is 0 Å². The Hall–Kier alpha value is -0.610. The summed E-state index contributed by atoms with van der Waals surface area (Å²) in [7, 11) is 0. The molecule has 2 fully saturated rings. The Morgan fingerprint density at radius 1 is 1.50 bits per heavy atom. The van der Waals surface area contributed by atoms with Crippen molar-refractivity contribution < 1.29 is 9.53 Å². The van der Waals surface area contributed by atoms with Crippen molar-refractivity contribution in [3.05, 3.63) is 0 Å². The molecule has 4 heteroatoms. The molecule has 4 nitrogen and oxygen atoms in total. The summed E-state index contributed by atoms with van der Waals surface area (Å²) >= 11 is 0. The molecular weight excluding hydrogens is 228 g/mol. The fraction of sp³-hybridized carbons (Fsp3) is 0.929. The smallest absolute Gasteiger partial charge is 0.220 e. The van der Waals surface area contributed by atoms with Gasteiger partial charge in [0.05, 0.1) is 6.10 Å². The molecule has 2 aliphatic rings. The monoisotopic (exact) mass is 254 g/mol. The number of ether oxygens (including phenoxy) is 1. The number of carbonyl (C=O) groups is 1. The van der Waals surface area contributed by atoms with E-state index in [0.29, 0.717) is 12.5 Å². The summed E-state index contributed by atoms with van der Waals surface area (Å²) in [6, 6.07) is 0. The number of carbonyl (C=O) groups excluding carboxylic acids is 1. The van der Waals surface area contributed by atoms with Crippen molar-refractivity contribution in [3.63, 3.8) is 0 Å². The second kappa shape index (κ2) is 6.53. The first-order valence-corrected chi connectivity index (χ1v) is 7.27. The molecule has 2 aliphatic heterocycles. The Balaban J connectivity index is 1.59. The van der Waals surface area contributed by atoms with Crippen molar-refractivity contribution in [1.29, 1.82) is 0 Å². The van der Waals surface area contributed by atoms with Crippen molar-refractivity contribution in [2.45, 2.75) is 51.6 Å². The molecule has 2 N–H and O–H groups in total. The Labute approximate surface area is 110 Å². The lowest BCUT2D eigenvalue weighted by Gasteiger charge is -2.24. The Kier molecular flexibility index (Phi) is 5.01. The van der Waals surface area contributed by atoms with Crippen LogP contribution in [0.3, 0.4) is 0 Å². The zero-order chi connectivity index (χ0) is 12.8. The molecule has 18 heavy (non-hydrogen) atoms. The van der Waals surface area contributed by atoms with Gasteiger partial charge in [0.15, 0.2) is 0 Å². The van der Waals surface area contributed by atoms with Gasteiger partial charge in [0.25, 0.3) is 0 Å². The standard InChI is InChI=1S/C14H26N2O2/c1-14(7-8-15-10-14)11-16-13(17)6-5-12-4-2-3-9-18-12/h12,15H,2-11H2,1H3,(H,16,17). The van der Waals surface area contributed by atoms with Crippen LogP contribution in [-0.2, 0) is 9.53 Å². The van der Waals surface area contributed by atoms with Gasteiger partial charge < -0.3 is 15.4 Å². The van der Waals surface area contributed by atoms with Crippen LogP contribution in [0.25, 0.3) is 0 Å². The fourth-order valence-electron chi connectivity index (χ4n) is 2.75. The van der Waals surface area contributed by atoms with Crippen LogP contribution in [0, 0.1) is 5.41 Å². The molecule has 0 bridgehead atoms. The second-order valence-corrected chi connectivity index (χ2v) is 6.04. The minimum absolute atomic E-state index is 0.178. The van der Waals surface area contributed by atoms with Crippen LogP contribution in [-0.4, -0.2) is 38.3 Å². The molecule has 0 aromatic heterocycles. The van der Waals surface area contributed by atoms with Crippen molar-refractivity contribution in [3.8, 4) is 0 Å². The minimum Gasteiger partial charge on any atom is -0.378 e. The van der Waals surface area contributed by atoms with Gasteiger partial charge in [-0.05, 0) is 44.1 Å². The molecule has 0 radical (unpaired) electrons. The lowest BCUT2D eigenvalue weighted by Crippen LogP contribution is -2.37. The molecule has 0 spiro atoms. The molecule has 0 aromatic rings. The summed E-state index contributed by atoms with van der Waals surface area (Å²) in [6.45, 7) is 5.99. The summed E-state index contributed by atoms with van der Waals surface area (Å²) in [4.78, 5) is 11.8. The number of hydrogen-bond donors (Lipinski definition) is 2. The molecule has 2 unspecified atom stereocenters. The van der Waals surface area contributed by atoms with Gasteiger partial charge in [-0.2, -0.15) is 0 Å². The summed E-state index contributed by atoms with van der Waals surface area (Å²) in [5, 5.41) is 6.42. The van der Waals surface area contributed by atoms with Crippen LogP contribution in [0.15, 0.2) is 0 Å². The first-order valence-electron chi connectivity index (χ1n) is 7.27. The number of rotatable bonds is 5. The van der Waals surface area contributed by atoms with Gasteiger partial charge in [-0.25, -0.2) is 0 Å². The highest BCUT2D eigenvalue weighted by Gasteiger charge is 2.28. The summed E-state index contributed by atoms with van der Waals surface area (Å²) in [5.41, 5.74) is 0.247. The quantitative estimate of drug-likeness (QED) is 0.781.